The summed E-state index contributed by atoms with van der Waals surface area (Å²) in [5, 5.41) is 9.35. The summed E-state index contributed by atoms with van der Waals surface area (Å²) in [5.74, 6) is -0.0588. The first kappa shape index (κ1) is 15.4. The number of alkyl halides is 3. The molecule has 0 spiro atoms. The molecule has 1 aliphatic rings. The molecule has 112 valence electrons. The molecule has 2 unspecified atom stereocenters. The minimum atomic E-state index is -5.42. The van der Waals surface area contributed by atoms with Gasteiger partial charge in [0.15, 0.2) is 5.88 Å². The number of anilines is 1. The molecule has 1 saturated heterocycles. The molecule has 1 N–H and O–H groups in total. The van der Waals surface area contributed by atoms with E-state index in [1.54, 1.807) is 0 Å². The second-order valence-corrected chi connectivity index (χ2v) is 7.64. The van der Waals surface area contributed by atoms with Gasteiger partial charge in [0.1, 0.15) is 0 Å². The van der Waals surface area contributed by atoms with E-state index in [1.165, 1.54) is 17.0 Å². The normalized spacial score (nSPS) is 24.1. The minimum absolute atomic E-state index is 0.0257. The minimum Gasteiger partial charge on any atom is -0.613 e. The van der Waals surface area contributed by atoms with Gasteiger partial charge in [0, 0.05) is 16.9 Å². The maximum Gasteiger partial charge on any atom is 0.501 e. The summed E-state index contributed by atoms with van der Waals surface area (Å²) in [5.41, 5.74) is -6.31. The molecule has 0 radical (unpaired) electrons. The number of rotatable bonds is 2. The monoisotopic (exact) mass is 329 g/mol. The van der Waals surface area contributed by atoms with Crippen LogP contribution in [0.5, 0.6) is 0 Å². The van der Waals surface area contributed by atoms with Crippen LogP contribution in [-0.4, -0.2) is 41.4 Å². The molecule has 1 aromatic carbocycles. The molecular weight excluding hydrogens is 319 g/mol. The summed E-state index contributed by atoms with van der Waals surface area (Å²) in [7, 11) is -5.42. The Kier molecular flexibility index (Phi) is 3.93. The second-order valence-electron chi connectivity index (χ2n) is 4.13. The van der Waals surface area contributed by atoms with Crippen molar-refractivity contribution in [3.8, 4) is 0 Å². The number of aliphatic hydroxyl groups excluding tert-OH is 1. The highest BCUT2D eigenvalue weighted by Crippen LogP contribution is 2.32. The lowest BCUT2D eigenvalue weighted by Crippen LogP contribution is -2.24. The summed E-state index contributed by atoms with van der Waals surface area (Å²) in [4.78, 5) is 0.491. The molecule has 5 nitrogen and oxygen atoms in total. The quantitative estimate of drug-likeness (QED) is 0.813. The van der Waals surface area contributed by atoms with E-state index in [4.69, 9.17) is 0 Å². The van der Waals surface area contributed by atoms with Gasteiger partial charge >= 0.3 is 5.51 Å². The molecular formula is C10H10F3NO4S2. The third-order valence-electron chi connectivity index (χ3n) is 2.76. The second kappa shape index (κ2) is 5.10. The van der Waals surface area contributed by atoms with Gasteiger partial charge in [-0.2, -0.15) is 13.2 Å². The van der Waals surface area contributed by atoms with Crippen LogP contribution >= 0.6 is 0 Å². The zero-order valence-electron chi connectivity index (χ0n) is 9.87. The van der Waals surface area contributed by atoms with Gasteiger partial charge in [0.25, 0.3) is 9.84 Å². The van der Waals surface area contributed by atoms with Crippen molar-refractivity contribution in [1.29, 1.82) is 0 Å². The van der Waals surface area contributed by atoms with Crippen molar-refractivity contribution in [2.24, 2.45) is 0 Å². The van der Waals surface area contributed by atoms with Crippen LogP contribution in [0.1, 0.15) is 0 Å². The Bertz CT molecular complexity index is 595. The molecule has 2 atom stereocenters. The predicted molar refractivity (Wildman–Crippen MR) is 66.0 cm³/mol. The standard InChI is InChI=1S/C10H10F3NO4S2/c11-10(12,13)20(17,18)8-3-1-2-7(4-8)14-5-9(15)19(16)6-14/h1-4,9,15H,5-6H2. The van der Waals surface area contributed by atoms with Crippen molar-refractivity contribution in [1.82, 2.24) is 0 Å². The average molecular weight is 329 g/mol. The fraction of sp³-hybridized carbons (Fsp3) is 0.400. The van der Waals surface area contributed by atoms with Crippen molar-refractivity contribution >= 4 is 26.7 Å². The van der Waals surface area contributed by atoms with Crippen molar-refractivity contribution in [2.75, 3.05) is 17.3 Å². The molecule has 10 heteroatoms. The Morgan fingerprint density at radius 2 is 2.05 bits per heavy atom. The summed E-state index contributed by atoms with van der Waals surface area (Å²) < 4.78 is 71.3. The Hall–Kier alpha value is -0.970. The van der Waals surface area contributed by atoms with Gasteiger partial charge < -0.3 is 14.6 Å². The van der Waals surface area contributed by atoms with Gasteiger partial charge in [-0.05, 0) is 18.2 Å². The molecule has 0 aromatic heterocycles. The van der Waals surface area contributed by atoms with Crippen LogP contribution in [0, 0.1) is 0 Å². The van der Waals surface area contributed by atoms with E-state index in [0.717, 1.165) is 12.1 Å². The number of halogens is 3. The molecule has 0 amide bonds. The fourth-order valence-corrected chi connectivity index (χ4v) is 3.61. The van der Waals surface area contributed by atoms with Crippen LogP contribution in [-0.2, 0) is 21.0 Å². The fourth-order valence-electron chi connectivity index (χ4n) is 1.72. The molecule has 0 saturated carbocycles. The van der Waals surface area contributed by atoms with E-state index in [1.807, 2.05) is 0 Å². The van der Waals surface area contributed by atoms with E-state index < -0.39 is 36.9 Å². The Labute approximate surface area is 116 Å². The maximum absolute atomic E-state index is 12.5. The van der Waals surface area contributed by atoms with Crippen LogP contribution in [0.25, 0.3) is 0 Å². The van der Waals surface area contributed by atoms with Crippen LogP contribution in [0.2, 0.25) is 0 Å². The summed E-state index contributed by atoms with van der Waals surface area (Å²) in [6, 6.07) is 4.26. The molecule has 20 heavy (non-hydrogen) atoms. The van der Waals surface area contributed by atoms with E-state index in [0.29, 0.717) is 0 Å². The smallest absolute Gasteiger partial charge is 0.501 e. The van der Waals surface area contributed by atoms with Gasteiger partial charge in [-0.3, -0.25) is 0 Å². The lowest BCUT2D eigenvalue weighted by Gasteiger charge is -2.16. The summed E-state index contributed by atoms with van der Waals surface area (Å²) >= 11 is -1.53. The van der Waals surface area contributed by atoms with E-state index in [-0.39, 0.29) is 18.1 Å². The Morgan fingerprint density at radius 1 is 1.40 bits per heavy atom. The zero-order valence-corrected chi connectivity index (χ0v) is 11.5. The van der Waals surface area contributed by atoms with Gasteiger partial charge in [-0.1, -0.05) is 6.07 Å². The zero-order chi connectivity index (χ0) is 15.1. The topological polar surface area (TPSA) is 80.7 Å². The summed E-state index contributed by atoms with van der Waals surface area (Å²) in [6.07, 6.45) is 0. The van der Waals surface area contributed by atoms with Gasteiger partial charge in [0.2, 0.25) is 5.44 Å². The number of benzene rings is 1. The van der Waals surface area contributed by atoms with Gasteiger partial charge in [0.05, 0.1) is 11.4 Å². The first-order chi connectivity index (χ1) is 9.13. The van der Waals surface area contributed by atoms with Crippen LogP contribution in [0.4, 0.5) is 18.9 Å². The Balaban J connectivity index is 2.35. The molecule has 1 aliphatic heterocycles. The number of β-amino-alcohol motifs (C(OH)–C–C–N with tert-alkyl or cyclic N) is 1. The first-order valence-corrected chi connectivity index (χ1v) is 8.21. The van der Waals surface area contributed by atoms with Crippen molar-refractivity contribution < 1.29 is 31.2 Å². The number of nitrogens with zero attached hydrogens (tertiary/aromatic N) is 1. The molecule has 0 aliphatic carbocycles. The highest BCUT2D eigenvalue weighted by atomic mass is 32.2. The SMILES string of the molecule is O=S(=O)(c1cccc(N2CC(O)[S+]([O-])C2)c1)C(F)(F)F. The number of sulfone groups is 1. The molecule has 0 bridgehead atoms. The third-order valence-corrected chi connectivity index (χ3v) is 5.57. The largest absolute Gasteiger partial charge is 0.613 e. The average Bonchev–Trinajstić information content (AvgIpc) is 2.68. The van der Waals surface area contributed by atoms with E-state index >= 15 is 0 Å². The van der Waals surface area contributed by atoms with E-state index in [9.17, 15) is 31.2 Å². The highest BCUT2D eigenvalue weighted by molar-refractivity contribution is 7.92. The Morgan fingerprint density at radius 3 is 2.55 bits per heavy atom. The first-order valence-electron chi connectivity index (χ1n) is 5.34. The van der Waals surface area contributed by atoms with E-state index in [2.05, 4.69) is 0 Å². The maximum atomic E-state index is 12.5. The van der Waals surface area contributed by atoms with Gasteiger partial charge in [-0.15, -0.1) is 0 Å². The number of hydrogen-bond acceptors (Lipinski definition) is 5. The van der Waals surface area contributed by atoms with Crippen LogP contribution < -0.4 is 4.90 Å². The molecule has 1 fully saturated rings. The molecule has 1 aromatic rings. The lowest BCUT2D eigenvalue weighted by atomic mass is 10.3. The predicted octanol–water partition coefficient (Wildman–Crippen LogP) is 0.825. The molecule has 2 rings (SSSR count). The van der Waals surface area contributed by atoms with Gasteiger partial charge in [-0.25, -0.2) is 8.42 Å². The van der Waals surface area contributed by atoms with Crippen molar-refractivity contribution in [3.63, 3.8) is 0 Å². The number of aliphatic hydroxyl groups is 1. The number of hydrogen-bond donors (Lipinski definition) is 1. The van der Waals surface area contributed by atoms with Crippen molar-refractivity contribution in [3.05, 3.63) is 24.3 Å². The lowest BCUT2D eigenvalue weighted by molar-refractivity contribution is -0.0436. The van der Waals surface area contributed by atoms with Crippen LogP contribution in [0.3, 0.4) is 0 Å². The third kappa shape index (κ3) is 2.73. The van der Waals surface area contributed by atoms with Crippen molar-refractivity contribution in [2.45, 2.75) is 15.8 Å². The highest BCUT2D eigenvalue weighted by Gasteiger charge is 2.47. The molecule has 1 heterocycles. The summed E-state index contributed by atoms with van der Waals surface area (Å²) in [6.45, 7) is -0.0257. The van der Waals surface area contributed by atoms with Crippen LogP contribution in [0.15, 0.2) is 29.2 Å².